The van der Waals surface area contributed by atoms with E-state index in [1.54, 1.807) is 12.1 Å². The summed E-state index contributed by atoms with van der Waals surface area (Å²) < 4.78 is 19.2. The first kappa shape index (κ1) is 21.4. The molecule has 0 bridgehead atoms. The molecule has 3 N–H and O–H groups in total. The quantitative estimate of drug-likeness (QED) is 0.388. The normalized spacial score (nSPS) is 17.5. The third-order valence-corrected chi connectivity index (χ3v) is 4.57. The number of aliphatic imine (C=N–C) groups is 1. The Labute approximate surface area is 176 Å². The van der Waals surface area contributed by atoms with Gasteiger partial charge in [-0.1, -0.05) is 30.3 Å². The highest BCUT2D eigenvalue weighted by atomic mass is 127. The molecule has 1 aliphatic heterocycles. The van der Waals surface area contributed by atoms with Crippen molar-refractivity contribution in [3.8, 4) is 5.75 Å². The third-order valence-electron chi connectivity index (χ3n) is 4.57. The van der Waals surface area contributed by atoms with Gasteiger partial charge in [0.2, 0.25) is 0 Å². The summed E-state index contributed by atoms with van der Waals surface area (Å²) in [5.41, 5.74) is 8.09. The van der Waals surface area contributed by atoms with E-state index in [0.29, 0.717) is 19.1 Å². The van der Waals surface area contributed by atoms with Crippen LogP contribution in [-0.2, 0) is 0 Å². The van der Waals surface area contributed by atoms with Crippen LogP contribution in [0.3, 0.4) is 0 Å². The van der Waals surface area contributed by atoms with Crippen LogP contribution in [0, 0.1) is 5.82 Å². The number of likely N-dealkylation sites (N-methyl/N-ethyl adjacent to an activating group) is 1. The van der Waals surface area contributed by atoms with Gasteiger partial charge >= 0.3 is 0 Å². The second-order valence-corrected chi connectivity index (χ2v) is 6.63. The van der Waals surface area contributed by atoms with Gasteiger partial charge in [-0.05, 0) is 37.9 Å². The molecule has 0 saturated carbocycles. The highest BCUT2D eigenvalue weighted by Gasteiger charge is 2.21. The van der Waals surface area contributed by atoms with Crippen molar-refractivity contribution in [1.82, 2.24) is 10.2 Å². The molecule has 2 aromatic carbocycles. The molecule has 2 unspecified atom stereocenters. The van der Waals surface area contributed by atoms with Crippen LogP contribution in [0.2, 0.25) is 0 Å². The smallest absolute Gasteiger partial charge is 0.189 e. The Morgan fingerprint density at radius 2 is 2.07 bits per heavy atom. The Morgan fingerprint density at radius 1 is 1.30 bits per heavy atom. The lowest BCUT2D eigenvalue weighted by Gasteiger charge is -2.27. The van der Waals surface area contributed by atoms with E-state index in [1.807, 2.05) is 49.3 Å². The van der Waals surface area contributed by atoms with E-state index >= 15 is 0 Å². The van der Waals surface area contributed by atoms with Crippen LogP contribution in [0.5, 0.6) is 5.75 Å². The maximum Gasteiger partial charge on any atom is 0.189 e. The Hall–Kier alpha value is -1.87. The summed E-state index contributed by atoms with van der Waals surface area (Å²) in [6.07, 6.45) is 0.828. The van der Waals surface area contributed by atoms with Crippen molar-refractivity contribution < 1.29 is 9.13 Å². The van der Waals surface area contributed by atoms with Crippen molar-refractivity contribution in [3.63, 3.8) is 0 Å². The molecule has 3 rings (SSSR count). The number of nitrogens with one attached hydrogen (secondary N) is 1. The van der Waals surface area contributed by atoms with Gasteiger partial charge in [-0.3, -0.25) is 4.99 Å². The molecule has 2 aromatic rings. The van der Waals surface area contributed by atoms with E-state index in [1.165, 1.54) is 6.07 Å². The first-order chi connectivity index (χ1) is 12.5. The molecule has 0 aromatic heterocycles. The Bertz CT molecular complexity index is 784. The maximum absolute atomic E-state index is 13.5. The lowest BCUT2D eigenvalue weighted by molar-refractivity contribution is 0.262. The van der Waals surface area contributed by atoms with Gasteiger partial charge in [-0.2, -0.15) is 0 Å². The first-order valence-corrected chi connectivity index (χ1v) is 8.74. The molecule has 27 heavy (non-hydrogen) atoms. The lowest BCUT2D eigenvalue weighted by Crippen LogP contribution is -2.38. The van der Waals surface area contributed by atoms with Crippen LogP contribution >= 0.6 is 24.0 Å². The largest absolute Gasteiger partial charge is 0.493 e. The molecule has 0 aliphatic carbocycles. The van der Waals surface area contributed by atoms with E-state index in [-0.39, 0.29) is 41.9 Å². The summed E-state index contributed by atoms with van der Waals surface area (Å²) >= 11 is 0. The van der Waals surface area contributed by atoms with Crippen LogP contribution in [0.25, 0.3) is 0 Å². The van der Waals surface area contributed by atoms with Gasteiger partial charge in [0.1, 0.15) is 11.6 Å². The number of halogens is 2. The van der Waals surface area contributed by atoms with Gasteiger partial charge < -0.3 is 20.7 Å². The van der Waals surface area contributed by atoms with Crippen molar-refractivity contribution in [2.45, 2.75) is 18.5 Å². The molecule has 146 valence electrons. The highest BCUT2D eigenvalue weighted by Crippen LogP contribution is 2.31. The standard InChI is InChI=1S/C20H25FN4O.HI/c1-25(2)18(14-6-5-7-15(21)12-14)13-23-20(22)24-17-10-11-26-19-9-4-3-8-16(17)19;/h3-9,12,17-18H,10-11,13H2,1-2H3,(H3,22,23,24);1H. The Morgan fingerprint density at radius 3 is 2.81 bits per heavy atom. The van der Waals surface area contributed by atoms with Crippen LogP contribution in [0.1, 0.15) is 29.6 Å². The fourth-order valence-corrected chi connectivity index (χ4v) is 3.18. The fourth-order valence-electron chi connectivity index (χ4n) is 3.18. The van der Waals surface area contributed by atoms with Gasteiger partial charge in [-0.25, -0.2) is 4.39 Å². The van der Waals surface area contributed by atoms with E-state index in [9.17, 15) is 4.39 Å². The zero-order valence-corrected chi connectivity index (χ0v) is 17.9. The van der Waals surface area contributed by atoms with Gasteiger partial charge in [0.05, 0.1) is 25.2 Å². The zero-order chi connectivity index (χ0) is 18.5. The van der Waals surface area contributed by atoms with Crippen molar-refractivity contribution in [2.75, 3.05) is 27.2 Å². The summed E-state index contributed by atoms with van der Waals surface area (Å²) in [6.45, 7) is 1.09. The predicted octanol–water partition coefficient (Wildman–Crippen LogP) is 3.47. The highest BCUT2D eigenvalue weighted by molar-refractivity contribution is 14.0. The predicted molar refractivity (Wildman–Crippen MR) is 117 cm³/mol. The fraction of sp³-hybridized carbons (Fsp3) is 0.350. The minimum atomic E-state index is -0.247. The summed E-state index contributed by atoms with van der Waals surface area (Å²) in [4.78, 5) is 6.51. The van der Waals surface area contributed by atoms with E-state index in [4.69, 9.17) is 10.5 Å². The first-order valence-electron chi connectivity index (χ1n) is 8.74. The van der Waals surface area contributed by atoms with E-state index < -0.39 is 0 Å². The molecule has 0 amide bonds. The molecule has 0 saturated heterocycles. The molecule has 5 nitrogen and oxygen atoms in total. The zero-order valence-electron chi connectivity index (χ0n) is 15.6. The van der Waals surface area contributed by atoms with Gasteiger partial charge in [-0.15, -0.1) is 24.0 Å². The topological polar surface area (TPSA) is 62.9 Å². The number of hydrogen-bond acceptors (Lipinski definition) is 3. The number of guanidine groups is 1. The number of nitrogens with zero attached hydrogens (tertiary/aromatic N) is 2. The summed E-state index contributed by atoms with van der Waals surface area (Å²) in [5, 5.41) is 3.29. The van der Waals surface area contributed by atoms with Crippen molar-refractivity contribution in [2.24, 2.45) is 10.7 Å². The number of fused-ring (bicyclic) bond motifs is 1. The number of nitrogens with two attached hydrogens (primary N) is 1. The lowest BCUT2D eigenvalue weighted by atomic mass is 10.0. The summed E-state index contributed by atoms with van der Waals surface area (Å²) in [5.74, 6) is 1.02. The van der Waals surface area contributed by atoms with E-state index in [2.05, 4.69) is 10.3 Å². The second kappa shape index (κ2) is 9.89. The summed E-state index contributed by atoms with van der Waals surface area (Å²) in [7, 11) is 3.90. The van der Waals surface area contributed by atoms with Crippen LogP contribution in [-0.4, -0.2) is 38.1 Å². The molecule has 0 spiro atoms. The summed E-state index contributed by atoms with van der Waals surface area (Å²) in [6, 6.07) is 14.6. The molecule has 2 atom stereocenters. The Kier molecular flexibility index (Phi) is 7.85. The van der Waals surface area contributed by atoms with Gasteiger partial charge in [0, 0.05) is 12.0 Å². The monoisotopic (exact) mass is 484 g/mol. The SMILES string of the molecule is CN(C)C(CN=C(N)NC1CCOc2ccccc21)c1cccc(F)c1.I. The number of hydrogen-bond donors (Lipinski definition) is 2. The number of para-hydroxylation sites is 1. The molecule has 1 aliphatic rings. The van der Waals surface area contributed by atoms with Crippen LogP contribution < -0.4 is 15.8 Å². The number of rotatable bonds is 5. The molecular formula is C20H26FIN4O. The Balaban J connectivity index is 0.00000261. The van der Waals surface area contributed by atoms with Crippen LogP contribution in [0.4, 0.5) is 4.39 Å². The van der Waals surface area contributed by atoms with Crippen molar-refractivity contribution in [3.05, 3.63) is 65.5 Å². The van der Waals surface area contributed by atoms with Gasteiger partial charge in [0.15, 0.2) is 5.96 Å². The molecular weight excluding hydrogens is 458 g/mol. The molecule has 0 fully saturated rings. The van der Waals surface area contributed by atoms with Gasteiger partial charge in [0.25, 0.3) is 0 Å². The van der Waals surface area contributed by atoms with Crippen molar-refractivity contribution in [1.29, 1.82) is 0 Å². The average molecular weight is 484 g/mol. The second-order valence-electron chi connectivity index (χ2n) is 6.63. The maximum atomic E-state index is 13.5. The minimum absolute atomic E-state index is 0. The minimum Gasteiger partial charge on any atom is -0.493 e. The van der Waals surface area contributed by atoms with E-state index in [0.717, 1.165) is 23.3 Å². The number of ether oxygens (including phenoxy) is 1. The average Bonchev–Trinajstić information content (AvgIpc) is 2.62. The number of benzene rings is 2. The third kappa shape index (κ3) is 5.55. The van der Waals surface area contributed by atoms with Crippen LogP contribution in [0.15, 0.2) is 53.5 Å². The molecule has 0 radical (unpaired) electrons. The van der Waals surface area contributed by atoms with Crippen molar-refractivity contribution >= 4 is 29.9 Å². The molecule has 1 heterocycles. The molecule has 7 heteroatoms.